The van der Waals surface area contributed by atoms with E-state index in [2.05, 4.69) is 36.3 Å². The summed E-state index contributed by atoms with van der Waals surface area (Å²) >= 11 is 1.23. The summed E-state index contributed by atoms with van der Waals surface area (Å²) in [6.07, 6.45) is 2.60. The molecule has 3 heterocycles. The maximum Gasteiger partial charge on any atom is 0.350 e. The average Bonchev–Trinajstić information content (AvgIpc) is 2.94. The van der Waals surface area contributed by atoms with E-state index in [0.717, 1.165) is 29.2 Å². The molecule has 0 amide bonds. The minimum Gasteiger partial charge on any atom is -0.465 e. The smallest absolute Gasteiger partial charge is 0.350 e. The molecule has 0 aliphatic rings. The van der Waals surface area contributed by atoms with Crippen molar-refractivity contribution in [1.29, 1.82) is 0 Å². The summed E-state index contributed by atoms with van der Waals surface area (Å²) in [6.45, 7) is 6.34. The van der Waals surface area contributed by atoms with Crippen molar-refractivity contribution in [1.82, 2.24) is 9.97 Å². The van der Waals surface area contributed by atoms with Crippen molar-refractivity contribution in [2.75, 3.05) is 18.2 Å². The Labute approximate surface area is 156 Å². The van der Waals surface area contributed by atoms with Gasteiger partial charge in [0.05, 0.1) is 23.9 Å². The summed E-state index contributed by atoms with van der Waals surface area (Å²) in [5.41, 5.74) is 9.43. The maximum atomic E-state index is 11.9. The third kappa shape index (κ3) is 3.48. The minimum absolute atomic E-state index is 0.363. The minimum atomic E-state index is -0.454. The number of hydrogen-bond donors (Lipinski definition) is 2. The molecular formula is C19H22N4O2S. The lowest BCUT2D eigenvalue weighted by atomic mass is 10.1. The zero-order valence-corrected chi connectivity index (χ0v) is 16.1. The number of rotatable bonds is 5. The Morgan fingerprint density at radius 1 is 1.35 bits per heavy atom. The molecule has 0 fully saturated rings. The van der Waals surface area contributed by atoms with Gasteiger partial charge < -0.3 is 15.8 Å². The number of nitrogen functional groups attached to an aromatic ring is 1. The molecule has 0 aliphatic heterocycles. The molecule has 136 valence electrons. The molecule has 3 N–H and O–H groups in total. The molecule has 0 spiro atoms. The molecule has 6 nitrogen and oxygen atoms in total. The quantitative estimate of drug-likeness (QED) is 0.650. The van der Waals surface area contributed by atoms with E-state index in [1.165, 1.54) is 18.4 Å². The average molecular weight is 370 g/mol. The van der Waals surface area contributed by atoms with E-state index < -0.39 is 5.97 Å². The zero-order chi connectivity index (χ0) is 18.8. The number of esters is 1. The summed E-state index contributed by atoms with van der Waals surface area (Å²) < 4.78 is 4.81. The van der Waals surface area contributed by atoms with Crippen molar-refractivity contribution in [2.24, 2.45) is 5.92 Å². The Morgan fingerprint density at radius 3 is 2.81 bits per heavy atom. The number of fused-ring (bicyclic) bond motifs is 1. The van der Waals surface area contributed by atoms with Crippen LogP contribution in [0.3, 0.4) is 0 Å². The number of carbonyl (C=O) groups is 1. The van der Waals surface area contributed by atoms with Crippen LogP contribution in [0.2, 0.25) is 0 Å². The van der Waals surface area contributed by atoms with Gasteiger partial charge in [-0.15, -0.1) is 11.3 Å². The molecule has 0 bridgehead atoms. The summed E-state index contributed by atoms with van der Waals surface area (Å²) in [4.78, 5) is 22.0. The Bertz CT molecular complexity index is 966. The van der Waals surface area contributed by atoms with Crippen LogP contribution in [0.25, 0.3) is 10.2 Å². The van der Waals surface area contributed by atoms with Gasteiger partial charge in [-0.25, -0.2) is 14.8 Å². The zero-order valence-electron chi connectivity index (χ0n) is 15.3. The number of nitrogens with zero attached hydrogens (tertiary/aromatic N) is 2. The van der Waals surface area contributed by atoms with Crippen molar-refractivity contribution in [3.63, 3.8) is 0 Å². The van der Waals surface area contributed by atoms with Crippen LogP contribution in [0.4, 0.5) is 17.2 Å². The molecule has 0 saturated heterocycles. The van der Waals surface area contributed by atoms with Crippen LogP contribution in [0.1, 0.15) is 34.8 Å². The van der Waals surface area contributed by atoms with Crippen LogP contribution >= 0.6 is 11.3 Å². The highest BCUT2D eigenvalue weighted by Crippen LogP contribution is 2.38. The van der Waals surface area contributed by atoms with Gasteiger partial charge in [0.15, 0.2) is 0 Å². The fourth-order valence-corrected chi connectivity index (χ4v) is 3.76. The highest BCUT2D eigenvalue weighted by molar-refractivity contribution is 7.21. The number of methoxy groups -OCH3 is 1. The van der Waals surface area contributed by atoms with Crippen LogP contribution in [-0.4, -0.2) is 23.0 Å². The van der Waals surface area contributed by atoms with Crippen LogP contribution in [0.15, 0.2) is 24.4 Å². The first kappa shape index (κ1) is 18.1. The number of hydrogen-bond acceptors (Lipinski definition) is 7. The van der Waals surface area contributed by atoms with E-state index in [1.807, 2.05) is 13.0 Å². The van der Waals surface area contributed by atoms with Gasteiger partial charge in [0.1, 0.15) is 15.5 Å². The fraction of sp³-hybridized carbons (Fsp3) is 0.316. The van der Waals surface area contributed by atoms with Gasteiger partial charge >= 0.3 is 5.97 Å². The Morgan fingerprint density at radius 2 is 2.12 bits per heavy atom. The van der Waals surface area contributed by atoms with Crippen molar-refractivity contribution < 1.29 is 9.53 Å². The van der Waals surface area contributed by atoms with E-state index in [1.54, 1.807) is 6.20 Å². The molecule has 3 aromatic heterocycles. The summed E-state index contributed by atoms with van der Waals surface area (Å²) in [5, 5.41) is 4.08. The molecule has 7 heteroatoms. The molecule has 0 atom stereocenters. The molecule has 0 aliphatic carbocycles. The van der Waals surface area contributed by atoms with Crippen LogP contribution in [0.5, 0.6) is 0 Å². The van der Waals surface area contributed by atoms with Crippen LogP contribution in [0, 0.1) is 12.8 Å². The Kier molecular flexibility index (Phi) is 5.08. The molecule has 26 heavy (non-hydrogen) atoms. The van der Waals surface area contributed by atoms with E-state index in [0.29, 0.717) is 26.7 Å². The molecule has 0 radical (unpaired) electrons. The van der Waals surface area contributed by atoms with E-state index >= 15 is 0 Å². The standard InChI is InChI=1S/C19H22N4O2S/c1-10(2)9-12-6-5-11(3)17(22-12)23-13-7-8-21-18-14(13)15(20)16(26-18)19(24)25-4/h5-8,10H,9,20H2,1-4H3,(H,21,22,23). The normalized spacial score (nSPS) is 11.1. The number of pyridine rings is 2. The molecule has 3 rings (SSSR count). The van der Waals surface area contributed by atoms with Crippen LogP contribution in [-0.2, 0) is 11.2 Å². The summed E-state index contributed by atoms with van der Waals surface area (Å²) in [5.74, 6) is 0.853. The van der Waals surface area contributed by atoms with E-state index in [9.17, 15) is 4.79 Å². The second kappa shape index (κ2) is 7.29. The van der Waals surface area contributed by atoms with Gasteiger partial charge in [-0.05, 0) is 37.0 Å². The van der Waals surface area contributed by atoms with Crippen molar-refractivity contribution in [3.05, 3.63) is 40.5 Å². The number of aromatic nitrogens is 2. The molecule has 3 aromatic rings. The largest absolute Gasteiger partial charge is 0.465 e. The van der Waals surface area contributed by atoms with Gasteiger partial charge in [0, 0.05) is 11.9 Å². The highest BCUT2D eigenvalue weighted by Gasteiger charge is 2.20. The second-order valence-corrected chi connectivity index (χ2v) is 7.57. The Balaban J connectivity index is 2.04. The first-order valence-corrected chi connectivity index (χ1v) is 9.21. The van der Waals surface area contributed by atoms with Crippen LogP contribution < -0.4 is 11.1 Å². The lowest BCUT2D eigenvalue weighted by Gasteiger charge is -2.12. The fourth-order valence-electron chi connectivity index (χ4n) is 2.75. The highest BCUT2D eigenvalue weighted by atomic mass is 32.1. The lowest BCUT2D eigenvalue weighted by Crippen LogP contribution is -2.04. The second-order valence-electron chi connectivity index (χ2n) is 6.57. The number of anilines is 3. The predicted octanol–water partition coefficient (Wildman–Crippen LogP) is 4.31. The van der Waals surface area contributed by atoms with Crippen molar-refractivity contribution in [3.8, 4) is 0 Å². The van der Waals surface area contributed by atoms with Gasteiger partial charge in [0.2, 0.25) is 0 Å². The number of thiophene rings is 1. The summed E-state index contributed by atoms with van der Waals surface area (Å²) in [7, 11) is 1.34. The van der Waals surface area contributed by atoms with Gasteiger partial charge in [-0.3, -0.25) is 0 Å². The number of nitrogens with one attached hydrogen (secondary N) is 1. The number of nitrogens with two attached hydrogens (primary N) is 1. The molecule has 0 unspecified atom stereocenters. The van der Waals surface area contributed by atoms with Gasteiger partial charge in [0.25, 0.3) is 0 Å². The van der Waals surface area contributed by atoms with Gasteiger partial charge in [-0.1, -0.05) is 19.9 Å². The van der Waals surface area contributed by atoms with Crippen molar-refractivity contribution in [2.45, 2.75) is 27.2 Å². The van der Waals surface area contributed by atoms with Crippen molar-refractivity contribution >= 4 is 44.7 Å². The van der Waals surface area contributed by atoms with E-state index in [-0.39, 0.29) is 0 Å². The third-order valence-corrected chi connectivity index (χ3v) is 5.12. The number of ether oxygens (including phenoxy) is 1. The molecule has 0 saturated carbocycles. The number of aryl methyl sites for hydroxylation is 1. The lowest BCUT2D eigenvalue weighted by molar-refractivity contribution is 0.0607. The number of carbonyl (C=O) groups excluding carboxylic acids is 1. The monoisotopic (exact) mass is 370 g/mol. The first-order valence-electron chi connectivity index (χ1n) is 8.39. The SMILES string of the molecule is COC(=O)c1sc2nccc(Nc3nc(CC(C)C)ccc3C)c2c1N. The first-order chi connectivity index (χ1) is 12.4. The van der Waals surface area contributed by atoms with Gasteiger partial charge in [-0.2, -0.15) is 0 Å². The van der Waals surface area contributed by atoms with E-state index in [4.69, 9.17) is 15.5 Å². The maximum absolute atomic E-state index is 11.9. The Hall–Kier alpha value is -2.67. The predicted molar refractivity (Wildman–Crippen MR) is 106 cm³/mol. The topological polar surface area (TPSA) is 90.1 Å². The molecule has 0 aromatic carbocycles. The molecular weight excluding hydrogens is 348 g/mol. The third-order valence-electron chi connectivity index (χ3n) is 4.02. The summed E-state index contributed by atoms with van der Waals surface area (Å²) in [6, 6.07) is 5.95.